The molecule has 0 saturated carbocycles. The summed E-state index contributed by atoms with van der Waals surface area (Å²) in [7, 11) is -4.76. The zero-order valence-electron chi connectivity index (χ0n) is 8.89. The number of hydrogen-bond acceptors (Lipinski definition) is 4. The van der Waals surface area contributed by atoms with E-state index in [4.69, 9.17) is 9.79 Å². The van der Waals surface area contributed by atoms with Crippen LogP contribution in [-0.2, 0) is 14.2 Å². The number of phosphoric acid groups is 1. The molecule has 0 aromatic heterocycles. The minimum atomic E-state index is -4.76. The van der Waals surface area contributed by atoms with Gasteiger partial charge in [-0.05, 0) is 12.1 Å². The normalized spacial score (nSPS) is 15.3. The highest BCUT2D eigenvalue weighted by Crippen LogP contribution is 2.42. The molecule has 0 fully saturated rings. The minimum Gasteiger partial charge on any atom is -0.402 e. The molecule has 18 heavy (non-hydrogen) atoms. The molecule has 2 rings (SSSR count). The molecule has 0 saturated heterocycles. The first-order valence-corrected chi connectivity index (χ1v) is 6.32. The fourth-order valence-electron chi connectivity index (χ4n) is 1.48. The molecule has 94 valence electrons. The van der Waals surface area contributed by atoms with Gasteiger partial charge in [-0.25, -0.2) is 9.46 Å². The third-order valence-corrected chi connectivity index (χ3v) is 2.57. The Morgan fingerprint density at radius 3 is 2.17 bits per heavy atom. The summed E-state index contributed by atoms with van der Waals surface area (Å²) in [6, 6.07) is 5.59. The second kappa shape index (κ2) is 4.38. The third kappa shape index (κ3) is 2.48. The second-order valence-electron chi connectivity index (χ2n) is 3.39. The van der Waals surface area contributed by atoms with Crippen molar-refractivity contribution < 1.29 is 28.5 Å². The Morgan fingerprint density at radius 1 is 1.06 bits per heavy atom. The van der Waals surface area contributed by atoms with Gasteiger partial charge in [-0.15, -0.1) is 0 Å². The quantitative estimate of drug-likeness (QED) is 0.614. The zero-order valence-corrected chi connectivity index (χ0v) is 9.78. The highest BCUT2D eigenvalue weighted by molar-refractivity contribution is 7.46. The van der Waals surface area contributed by atoms with Crippen molar-refractivity contribution in [1.82, 2.24) is 0 Å². The molecule has 0 bridgehead atoms. The van der Waals surface area contributed by atoms with Crippen molar-refractivity contribution in [1.29, 1.82) is 0 Å². The number of rotatable bonds is 3. The van der Waals surface area contributed by atoms with Crippen LogP contribution in [0.3, 0.4) is 0 Å². The van der Waals surface area contributed by atoms with Crippen LogP contribution in [0, 0.1) is 0 Å². The highest BCUT2D eigenvalue weighted by Gasteiger charge is 2.29. The van der Waals surface area contributed by atoms with E-state index in [0.717, 1.165) is 17.1 Å². The van der Waals surface area contributed by atoms with Crippen LogP contribution in [0.5, 0.6) is 5.75 Å². The van der Waals surface area contributed by atoms with E-state index in [2.05, 4.69) is 4.52 Å². The Labute approximate surface area is 102 Å². The third-order valence-electron chi connectivity index (χ3n) is 2.13. The molecule has 0 spiro atoms. The van der Waals surface area contributed by atoms with E-state index >= 15 is 0 Å². The largest absolute Gasteiger partial charge is 0.524 e. The van der Waals surface area contributed by atoms with Gasteiger partial charge in [0.25, 0.3) is 11.8 Å². The van der Waals surface area contributed by atoms with Crippen LogP contribution in [0.2, 0.25) is 0 Å². The number of carbonyl (C=O) groups is 2. The van der Waals surface area contributed by atoms with Gasteiger partial charge in [-0.3, -0.25) is 19.4 Å². The van der Waals surface area contributed by atoms with E-state index in [0.29, 0.717) is 0 Å². The van der Waals surface area contributed by atoms with Crippen molar-refractivity contribution in [3.05, 3.63) is 36.4 Å². The molecule has 0 unspecified atom stereocenters. The molecule has 1 aromatic rings. The number of carbonyl (C=O) groups excluding carboxylic acids is 2. The average molecular weight is 269 g/mol. The number of amides is 2. The number of phosphoric ester groups is 1. The maximum atomic E-state index is 11.5. The van der Waals surface area contributed by atoms with Gasteiger partial charge in [0, 0.05) is 12.2 Å². The van der Waals surface area contributed by atoms with E-state index in [1.54, 1.807) is 0 Å². The van der Waals surface area contributed by atoms with Gasteiger partial charge in [-0.1, -0.05) is 12.1 Å². The summed E-state index contributed by atoms with van der Waals surface area (Å²) in [6.45, 7) is 0. The van der Waals surface area contributed by atoms with E-state index in [-0.39, 0.29) is 11.4 Å². The fraction of sp³-hybridized carbons (Fsp3) is 0. The molecule has 1 heterocycles. The molecule has 1 aliphatic rings. The van der Waals surface area contributed by atoms with Gasteiger partial charge in [0.1, 0.15) is 0 Å². The van der Waals surface area contributed by atoms with Crippen LogP contribution >= 0.6 is 7.82 Å². The van der Waals surface area contributed by atoms with Crippen molar-refractivity contribution in [2.45, 2.75) is 0 Å². The van der Waals surface area contributed by atoms with Gasteiger partial charge in [0.15, 0.2) is 5.75 Å². The number of para-hydroxylation sites is 2. The summed E-state index contributed by atoms with van der Waals surface area (Å²) in [5.41, 5.74) is -0.0131. The molecular formula is C10H8NO6P. The molecule has 7 nitrogen and oxygen atoms in total. The van der Waals surface area contributed by atoms with E-state index in [1.165, 1.54) is 24.3 Å². The number of anilines is 1. The predicted molar refractivity (Wildman–Crippen MR) is 60.7 cm³/mol. The summed E-state index contributed by atoms with van der Waals surface area (Å²) < 4.78 is 15.2. The van der Waals surface area contributed by atoms with Gasteiger partial charge in [-0.2, -0.15) is 0 Å². The maximum absolute atomic E-state index is 11.5. The van der Waals surface area contributed by atoms with Crippen LogP contribution in [0.25, 0.3) is 0 Å². The Kier molecular flexibility index (Phi) is 3.04. The summed E-state index contributed by atoms with van der Waals surface area (Å²) in [5, 5.41) is 0. The zero-order chi connectivity index (χ0) is 13.3. The summed E-state index contributed by atoms with van der Waals surface area (Å²) >= 11 is 0. The number of benzene rings is 1. The lowest BCUT2D eigenvalue weighted by Gasteiger charge is -2.18. The van der Waals surface area contributed by atoms with Crippen molar-refractivity contribution in [3.8, 4) is 5.75 Å². The monoisotopic (exact) mass is 269 g/mol. The smallest absolute Gasteiger partial charge is 0.402 e. The molecule has 0 atom stereocenters. The van der Waals surface area contributed by atoms with Crippen molar-refractivity contribution in [2.75, 3.05) is 4.90 Å². The Hall–Kier alpha value is -1.95. The molecule has 0 aliphatic carbocycles. The lowest BCUT2D eigenvalue weighted by Crippen LogP contribution is -2.29. The molecule has 0 radical (unpaired) electrons. The van der Waals surface area contributed by atoms with Crippen molar-refractivity contribution in [2.24, 2.45) is 0 Å². The minimum absolute atomic E-state index is 0.0131. The first kappa shape index (κ1) is 12.5. The SMILES string of the molecule is O=C1C=CC(=O)N1c1ccccc1OP(=O)(O)O. The van der Waals surface area contributed by atoms with Gasteiger partial charge in [0.05, 0.1) is 5.69 Å². The number of hydrogen-bond donors (Lipinski definition) is 2. The number of nitrogens with zero attached hydrogens (tertiary/aromatic N) is 1. The number of imide groups is 1. The highest BCUT2D eigenvalue weighted by atomic mass is 31.2. The average Bonchev–Trinajstić information content (AvgIpc) is 2.58. The lowest BCUT2D eigenvalue weighted by molar-refractivity contribution is -0.120. The summed E-state index contributed by atoms with van der Waals surface area (Å²) in [5.74, 6) is -1.43. The molecule has 2 amide bonds. The molecule has 1 aromatic carbocycles. The van der Waals surface area contributed by atoms with Gasteiger partial charge >= 0.3 is 7.82 Å². The Morgan fingerprint density at radius 2 is 1.61 bits per heavy atom. The fourth-order valence-corrected chi connectivity index (χ4v) is 1.90. The first-order valence-electron chi connectivity index (χ1n) is 4.79. The second-order valence-corrected chi connectivity index (χ2v) is 4.56. The van der Waals surface area contributed by atoms with Gasteiger partial charge < -0.3 is 4.52 Å². The molecule has 2 N–H and O–H groups in total. The van der Waals surface area contributed by atoms with E-state index < -0.39 is 19.6 Å². The predicted octanol–water partition coefficient (Wildman–Crippen LogP) is 0.587. The molecule has 1 aliphatic heterocycles. The summed E-state index contributed by atoms with van der Waals surface area (Å²) in [4.78, 5) is 41.2. The van der Waals surface area contributed by atoms with Gasteiger partial charge in [0.2, 0.25) is 0 Å². The molecular weight excluding hydrogens is 261 g/mol. The van der Waals surface area contributed by atoms with Crippen LogP contribution in [0.1, 0.15) is 0 Å². The van der Waals surface area contributed by atoms with Crippen molar-refractivity contribution in [3.63, 3.8) is 0 Å². The van der Waals surface area contributed by atoms with E-state index in [1.807, 2.05) is 0 Å². The van der Waals surface area contributed by atoms with Crippen LogP contribution < -0.4 is 9.42 Å². The van der Waals surface area contributed by atoms with Crippen molar-refractivity contribution >= 4 is 25.3 Å². The van der Waals surface area contributed by atoms with Crippen LogP contribution in [0.15, 0.2) is 36.4 Å². The topological polar surface area (TPSA) is 104 Å². The Bertz CT molecular complexity index is 572. The Balaban J connectivity index is 2.43. The maximum Gasteiger partial charge on any atom is 0.524 e. The van der Waals surface area contributed by atoms with Crippen LogP contribution in [0.4, 0.5) is 5.69 Å². The first-order chi connectivity index (χ1) is 8.38. The molecule has 8 heteroatoms. The standard InChI is InChI=1S/C10H8NO6P/c12-9-5-6-10(13)11(9)7-3-1-2-4-8(7)17-18(14,15)16/h1-6H,(H2,14,15,16). The lowest BCUT2D eigenvalue weighted by atomic mass is 10.2. The van der Waals surface area contributed by atoms with E-state index in [9.17, 15) is 14.2 Å². The summed E-state index contributed by atoms with van der Waals surface area (Å²) in [6.07, 6.45) is 2.13. The van der Waals surface area contributed by atoms with Crippen LogP contribution in [-0.4, -0.2) is 21.6 Å².